The molecule has 0 saturated carbocycles. The molecule has 1 N–H and O–H groups in total. The molecule has 2 unspecified atom stereocenters. The summed E-state index contributed by atoms with van der Waals surface area (Å²) >= 11 is 1.47. The molecule has 1 aliphatic carbocycles. The molecule has 0 fully saturated rings. The van der Waals surface area contributed by atoms with Gasteiger partial charge in [-0.05, 0) is 56.7 Å². The molecule has 29 heavy (non-hydrogen) atoms. The summed E-state index contributed by atoms with van der Waals surface area (Å²) in [4.78, 5) is 26.6. The predicted octanol–water partition coefficient (Wildman–Crippen LogP) is 4.78. The van der Waals surface area contributed by atoms with Crippen LogP contribution in [0.15, 0.2) is 24.3 Å². The number of carbonyl (C=O) groups excluding carboxylic acids is 2. The standard InChI is InChI=1S/C22H27NO5S/c1-5-27-22(25)19-18-13(2)8-6-11-17(18)29-21(19)23-20(24)14(3)28-16-10-7-9-15(12-16)26-4/h7,9-10,12-14H,5-6,8,11H2,1-4H3,(H,23,24). The normalized spacial score (nSPS) is 16.5. The second kappa shape index (κ2) is 9.31. The van der Waals surface area contributed by atoms with Crippen LogP contribution in [-0.2, 0) is 16.0 Å². The smallest absolute Gasteiger partial charge is 0.341 e. The van der Waals surface area contributed by atoms with Crippen LogP contribution in [0.3, 0.4) is 0 Å². The van der Waals surface area contributed by atoms with E-state index in [-0.39, 0.29) is 17.8 Å². The maximum absolute atomic E-state index is 12.8. The Morgan fingerprint density at radius 2 is 2.07 bits per heavy atom. The van der Waals surface area contributed by atoms with E-state index in [1.165, 1.54) is 11.3 Å². The van der Waals surface area contributed by atoms with Crippen molar-refractivity contribution in [1.82, 2.24) is 0 Å². The highest BCUT2D eigenvalue weighted by molar-refractivity contribution is 7.17. The fourth-order valence-electron chi connectivity index (χ4n) is 3.55. The number of hydrogen-bond donors (Lipinski definition) is 1. The molecule has 0 aliphatic heterocycles. The molecule has 0 spiro atoms. The van der Waals surface area contributed by atoms with Crippen molar-refractivity contribution in [2.45, 2.75) is 52.1 Å². The van der Waals surface area contributed by atoms with Crippen molar-refractivity contribution < 1.29 is 23.8 Å². The first-order valence-corrected chi connectivity index (χ1v) is 10.7. The zero-order chi connectivity index (χ0) is 21.0. The molecule has 7 heteroatoms. The van der Waals surface area contributed by atoms with Crippen molar-refractivity contribution in [1.29, 1.82) is 0 Å². The van der Waals surface area contributed by atoms with E-state index >= 15 is 0 Å². The first-order chi connectivity index (χ1) is 13.9. The zero-order valence-corrected chi connectivity index (χ0v) is 18.1. The fourth-order valence-corrected chi connectivity index (χ4v) is 4.90. The van der Waals surface area contributed by atoms with Crippen LogP contribution in [-0.4, -0.2) is 31.7 Å². The Kier molecular flexibility index (Phi) is 6.79. The minimum atomic E-state index is -0.742. The minimum Gasteiger partial charge on any atom is -0.497 e. The third-order valence-corrected chi connectivity index (χ3v) is 6.18. The van der Waals surface area contributed by atoms with Gasteiger partial charge in [-0.15, -0.1) is 11.3 Å². The number of fused-ring (bicyclic) bond motifs is 1. The van der Waals surface area contributed by atoms with Gasteiger partial charge in [0.05, 0.1) is 19.3 Å². The number of amides is 1. The van der Waals surface area contributed by atoms with Gasteiger partial charge in [-0.1, -0.05) is 13.0 Å². The molecule has 6 nitrogen and oxygen atoms in total. The van der Waals surface area contributed by atoms with Crippen molar-refractivity contribution in [2.75, 3.05) is 19.0 Å². The summed E-state index contributed by atoms with van der Waals surface area (Å²) in [6, 6.07) is 7.09. The molecule has 1 aromatic heterocycles. The van der Waals surface area contributed by atoms with E-state index in [0.29, 0.717) is 28.7 Å². The van der Waals surface area contributed by atoms with Gasteiger partial charge in [-0.25, -0.2) is 4.79 Å². The van der Waals surface area contributed by atoms with Crippen LogP contribution in [0, 0.1) is 0 Å². The SMILES string of the molecule is CCOC(=O)c1c(NC(=O)C(C)Oc2cccc(OC)c2)sc2c1C(C)CCC2. The molecule has 3 rings (SSSR count). The molecule has 0 saturated heterocycles. The second-order valence-electron chi connectivity index (χ2n) is 7.09. The minimum absolute atomic E-state index is 0.269. The number of anilines is 1. The summed E-state index contributed by atoms with van der Waals surface area (Å²) in [6.45, 7) is 5.87. The van der Waals surface area contributed by atoms with Crippen LogP contribution < -0.4 is 14.8 Å². The van der Waals surface area contributed by atoms with E-state index in [2.05, 4.69) is 12.2 Å². The number of aryl methyl sites for hydroxylation is 1. The van der Waals surface area contributed by atoms with Gasteiger partial charge in [0.2, 0.25) is 0 Å². The van der Waals surface area contributed by atoms with Crippen molar-refractivity contribution in [2.24, 2.45) is 0 Å². The van der Waals surface area contributed by atoms with E-state index in [0.717, 1.165) is 29.7 Å². The van der Waals surface area contributed by atoms with Gasteiger partial charge >= 0.3 is 5.97 Å². The average Bonchev–Trinajstić information content (AvgIpc) is 3.07. The van der Waals surface area contributed by atoms with Crippen molar-refractivity contribution in [3.63, 3.8) is 0 Å². The van der Waals surface area contributed by atoms with E-state index in [1.807, 2.05) is 0 Å². The molecular weight excluding hydrogens is 390 g/mol. The monoisotopic (exact) mass is 417 g/mol. The van der Waals surface area contributed by atoms with Crippen molar-refractivity contribution in [3.05, 3.63) is 40.3 Å². The van der Waals surface area contributed by atoms with Crippen molar-refractivity contribution in [3.8, 4) is 11.5 Å². The van der Waals surface area contributed by atoms with Crippen LogP contribution in [0.2, 0.25) is 0 Å². The molecule has 0 bridgehead atoms. The summed E-state index contributed by atoms with van der Waals surface area (Å²) in [7, 11) is 1.58. The third-order valence-electron chi connectivity index (χ3n) is 5.00. The number of thiophene rings is 1. The molecule has 0 radical (unpaired) electrons. The Morgan fingerprint density at radius 1 is 1.31 bits per heavy atom. The summed E-state index contributed by atoms with van der Waals surface area (Å²) in [6.07, 6.45) is 2.29. The average molecular weight is 418 g/mol. The topological polar surface area (TPSA) is 73.9 Å². The fraction of sp³-hybridized carbons (Fsp3) is 0.455. The number of rotatable bonds is 7. The number of carbonyl (C=O) groups is 2. The molecule has 1 aliphatic rings. The number of methoxy groups -OCH3 is 1. The maximum Gasteiger partial charge on any atom is 0.341 e. The van der Waals surface area contributed by atoms with Gasteiger partial charge in [0.25, 0.3) is 5.91 Å². The van der Waals surface area contributed by atoms with Crippen LogP contribution in [0.25, 0.3) is 0 Å². The third kappa shape index (κ3) is 4.72. The van der Waals surface area contributed by atoms with Crippen LogP contribution in [0.5, 0.6) is 11.5 Å². The van der Waals surface area contributed by atoms with Gasteiger partial charge in [0.15, 0.2) is 6.10 Å². The lowest BCUT2D eigenvalue weighted by Crippen LogP contribution is -2.30. The molecule has 156 valence electrons. The van der Waals surface area contributed by atoms with Gasteiger partial charge in [0, 0.05) is 10.9 Å². The number of hydrogen-bond acceptors (Lipinski definition) is 6. The largest absolute Gasteiger partial charge is 0.497 e. The van der Waals surface area contributed by atoms with Gasteiger partial charge in [0.1, 0.15) is 16.5 Å². The highest BCUT2D eigenvalue weighted by atomic mass is 32.1. The van der Waals surface area contributed by atoms with E-state index in [9.17, 15) is 9.59 Å². The van der Waals surface area contributed by atoms with Gasteiger partial charge in [-0.3, -0.25) is 4.79 Å². The molecule has 1 aromatic carbocycles. The Balaban J connectivity index is 1.81. The Morgan fingerprint density at radius 3 is 2.79 bits per heavy atom. The lowest BCUT2D eigenvalue weighted by Gasteiger charge is -2.20. The van der Waals surface area contributed by atoms with Crippen LogP contribution in [0.1, 0.15) is 60.3 Å². The van der Waals surface area contributed by atoms with Gasteiger partial charge in [-0.2, -0.15) is 0 Å². The summed E-state index contributed by atoms with van der Waals surface area (Å²) in [5.41, 5.74) is 1.53. The summed E-state index contributed by atoms with van der Waals surface area (Å²) in [5, 5.41) is 3.45. The summed E-state index contributed by atoms with van der Waals surface area (Å²) in [5.74, 6) is 0.766. The molecule has 2 aromatic rings. The van der Waals surface area contributed by atoms with E-state index < -0.39 is 6.10 Å². The second-order valence-corrected chi connectivity index (χ2v) is 8.19. The molecule has 1 amide bonds. The number of benzene rings is 1. The van der Waals surface area contributed by atoms with Crippen LogP contribution >= 0.6 is 11.3 Å². The molecule has 1 heterocycles. The molecule has 2 atom stereocenters. The lowest BCUT2D eigenvalue weighted by molar-refractivity contribution is -0.122. The molecular formula is C22H27NO5S. The number of esters is 1. The number of nitrogens with one attached hydrogen (secondary N) is 1. The first-order valence-electron chi connectivity index (χ1n) is 9.88. The lowest BCUT2D eigenvalue weighted by atomic mass is 9.86. The zero-order valence-electron chi connectivity index (χ0n) is 17.2. The first kappa shape index (κ1) is 21.2. The Bertz CT molecular complexity index is 891. The van der Waals surface area contributed by atoms with Crippen molar-refractivity contribution >= 4 is 28.2 Å². The van der Waals surface area contributed by atoms with E-state index in [1.54, 1.807) is 45.2 Å². The van der Waals surface area contributed by atoms with Gasteiger partial charge < -0.3 is 19.5 Å². The number of ether oxygens (including phenoxy) is 3. The van der Waals surface area contributed by atoms with E-state index in [4.69, 9.17) is 14.2 Å². The highest BCUT2D eigenvalue weighted by Gasteiger charge is 2.31. The summed E-state index contributed by atoms with van der Waals surface area (Å²) < 4.78 is 16.2. The maximum atomic E-state index is 12.8. The Hall–Kier alpha value is -2.54. The predicted molar refractivity (Wildman–Crippen MR) is 113 cm³/mol. The Labute approximate surface area is 175 Å². The van der Waals surface area contributed by atoms with Crippen LogP contribution in [0.4, 0.5) is 5.00 Å². The quantitative estimate of drug-likeness (QED) is 0.657. The highest BCUT2D eigenvalue weighted by Crippen LogP contribution is 2.43.